The Kier molecular flexibility index (Phi) is 5.95. The molecule has 2 aromatic rings. The molecule has 9 nitrogen and oxygen atoms in total. The van der Waals surface area contributed by atoms with E-state index >= 15 is 0 Å². The summed E-state index contributed by atoms with van der Waals surface area (Å²) in [6.07, 6.45) is 2.62. The van der Waals surface area contributed by atoms with Crippen molar-refractivity contribution >= 4 is 27.7 Å². The molecule has 130 valence electrons. The number of nitrogens with zero attached hydrogens (tertiary/aromatic N) is 3. The zero-order valence-electron chi connectivity index (χ0n) is 12.9. The number of carbonyl (C=O) groups is 1. The molecule has 0 saturated carbocycles. The second-order valence-corrected chi connectivity index (χ2v) is 6.48. The smallest absolute Gasteiger partial charge is 0.282 e. The van der Waals surface area contributed by atoms with E-state index in [9.17, 15) is 13.2 Å². The number of rotatable bonds is 6. The summed E-state index contributed by atoms with van der Waals surface area (Å²) < 4.78 is 25.5. The highest BCUT2D eigenvalue weighted by Gasteiger charge is 2.21. The first-order valence-corrected chi connectivity index (χ1v) is 8.33. The topological polar surface area (TPSA) is 140 Å². The number of hydrogen-bond donors (Lipinski definition) is 2. The van der Waals surface area contributed by atoms with Crippen LogP contribution in [-0.4, -0.2) is 14.3 Å². The van der Waals surface area contributed by atoms with E-state index in [2.05, 4.69) is 21.2 Å². The van der Waals surface area contributed by atoms with Gasteiger partial charge in [0.15, 0.2) is 0 Å². The van der Waals surface area contributed by atoms with Crippen LogP contribution < -0.4 is 16.2 Å². The fourth-order valence-electron chi connectivity index (χ4n) is 1.84. The van der Waals surface area contributed by atoms with Crippen molar-refractivity contribution in [3.05, 3.63) is 66.2 Å². The molecule has 0 aliphatic carbocycles. The van der Waals surface area contributed by atoms with Crippen molar-refractivity contribution in [3.8, 4) is 0 Å². The summed E-state index contributed by atoms with van der Waals surface area (Å²) in [5, 5.41) is 6.00. The van der Waals surface area contributed by atoms with Gasteiger partial charge in [0.05, 0.1) is 15.9 Å². The third-order valence-corrected chi connectivity index (χ3v) is 4.65. The standard InChI is InChI=1S/C15H15N5O4S/c16-20(25(22,23)14-4-2-1-3-5-14)13-9-6-12(7-10-13)8-11-15(21)18-19-24-17/h1-11H,16-17H2/b11-8+,19-18?. The molecule has 0 bridgehead atoms. The van der Waals surface area contributed by atoms with Crippen LogP contribution in [0.1, 0.15) is 5.56 Å². The summed E-state index contributed by atoms with van der Waals surface area (Å²) >= 11 is 0. The molecule has 0 heterocycles. The lowest BCUT2D eigenvalue weighted by molar-refractivity contribution is -0.114. The summed E-state index contributed by atoms with van der Waals surface area (Å²) in [6.45, 7) is 0. The Hall–Kier alpha value is -3.08. The van der Waals surface area contributed by atoms with E-state index < -0.39 is 15.9 Å². The van der Waals surface area contributed by atoms with Crippen LogP contribution >= 0.6 is 0 Å². The van der Waals surface area contributed by atoms with Crippen molar-refractivity contribution in [2.75, 3.05) is 4.41 Å². The highest BCUT2D eigenvalue weighted by molar-refractivity contribution is 7.92. The molecule has 0 saturated heterocycles. The lowest BCUT2D eigenvalue weighted by Crippen LogP contribution is -2.37. The molecule has 2 rings (SSSR count). The third-order valence-electron chi connectivity index (χ3n) is 3.05. The Morgan fingerprint density at radius 3 is 2.32 bits per heavy atom. The fraction of sp³-hybridized carbons (Fsp3) is 0. The number of carbonyl (C=O) groups excluding carboxylic acids is 1. The van der Waals surface area contributed by atoms with Crippen molar-refractivity contribution in [2.24, 2.45) is 22.1 Å². The molecule has 0 spiro atoms. The van der Waals surface area contributed by atoms with Gasteiger partial charge in [-0.1, -0.05) is 35.4 Å². The zero-order chi connectivity index (χ0) is 18.3. The third kappa shape index (κ3) is 4.70. The van der Waals surface area contributed by atoms with Gasteiger partial charge >= 0.3 is 0 Å². The van der Waals surface area contributed by atoms with E-state index in [4.69, 9.17) is 5.84 Å². The molecule has 0 radical (unpaired) electrons. The maximum Gasteiger partial charge on any atom is 0.291 e. The molecular weight excluding hydrogens is 346 g/mol. The zero-order valence-corrected chi connectivity index (χ0v) is 13.7. The average molecular weight is 361 g/mol. The summed E-state index contributed by atoms with van der Waals surface area (Å²) in [5.41, 5.74) is 0.898. The Morgan fingerprint density at radius 1 is 1.08 bits per heavy atom. The molecular formula is C15H15N5O4S. The maximum atomic E-state index is 12.4. The van der Waals surface area contributed by atoms with Crippen LogP contribution in [0.15, 0.2) is 76.0 Å². The van der Waals surface area contributed by atoms with Crippen LogP contribution in [0.25, 0.3) is 6.08 Å². The van der Waals surface area contributed by atoms with E-state index in [0.29, 0.717) is 9.98 Å². The van der Waals surface area contributed by atoms with Gasteiger partial charge in [0.2, 0.25) is 0 Å². The molecule has 25 heavy (non-hydrogen) atoms. The van der Waals surface area contributed by atoms with E-state index in [1.54, 1.807) is 30.3 Å². The number of amides is 1. The molecule has 0 aromatic heterocycles. The van der Waals surface area contributed by atoms with Gasteiger partial charge in [-0.05, 0) is 35.9 Å². The van der Waals surface area contributed by atoms with Gasteiger partial charge in [-0.3, -0.25) is 9.73 Å². The number of anilines is 1. The average Bonchev–Trinajstić information content (AvgIpc) is 2.65. The van der Waals surface area contributed by atoms with Gasteiger partial charge in [0.1, 0.15) is 0 Å². The fourth-order valence-corrected chi connectivity index (χ4v) is 2.97. The number of nitrogens with two attached hydrogens (primary N) is 2. The molecule has 10 heteroatoms. The van der Waals surface area contributed by atoms with Crippen LogP contribution in [0.3, 0.4) is 0 Å². The predicted molar refractivity (Wildman–Crippen MR) is 90.9 cm³/mol. The van der Waals surface area contributed by atoms with Gasteiger partial charge in [0, 0.05) is 6.08 Å². The molecule has 1 amide bonds. The quantitative estimate of drug-likeness (QED) is 0.346. The van der Waals surface area contributed by atoms with E-state index in [-0.39, 0.29) is 10.6 Å². The minimum Gasteiger partial charge on any atom is -0.282 e. The lowest BCUT2D eigenvalue weighted by Gasteiger charge is -2.18. The Morgan fingerprint density at radius 2 is 1.72 bits per heavy atom. The molecule has 2 aromatic carbocycles. The number of hydrazine groups is 1. The lowest BCUT2D eigenvalue weighted by atomic mass is 10.2. The first-order valence-electron chi connectivity index (χ1n) is 6.89. The highest BCUT2D eigenvalue weighted by atomic mass is 32.2. The minimum absolute atomic E-state index is 0.0829. The van der Waals surface area contributed by atoms with Crippen molar-refractivity contribution in [2.45, 2.75) is 4.90 Å². The molecule has 0 aliphatic rings. The second kappa shape index (κ2) is 8.15. The van der Waals surface area contributed by atoms with Crippen molar-refractivity contribution < 1.29 is 18.2 Å². The summed E-state index contributed by atoms with van der Waals surface area (Å²) in [4.78, 5) is 15.1. The number of sulfonamides is 1. The first kappa shape index (κ1) is 18.3. The Labute approximate surface area is 144 Å². The molecule has 0 aliphatic heterocycles. The SMILES string of the molecule is NON=NC(=O)/C=C/c1ccc(N(N)S(=O)(=O)c2ccccc2)cc1. The van der Waals surface area contributed by atoms with Gasteiger partial charge in [-0.2, -0.15) is 8.42 Å². The summed E-state index contributed by atoms with van der Waals surface area (Å²) in [5.74, 6) is 9.69. The Bertz CT molecular complexity index is 880. The normalized spacial score (nSPS) is 11.8. The molecule has 4 N–H and O–H groups in total. The molecule has 0 fully saturated rings. The second-order valence-electron chi connectivity index (χ2n) is 4.66. The van der Waals surface area contributed by atoms with Gasteiger partial charge in [0.25, 0.3) is 15.9 Å². The molecule has 0 atom stereocenters. The summed E-state index contributed by atoms with van der Waals surface area (Å²) in [7, 11) is -3.86. The van der Waals surface area contributed by atoms with Crippen molar-refractivity contribution in [1.82, 2.24) is 0 Å². The van der Waals surface area contributed by atoms with Crippen LogP contribution in [0.5, 0.6) is 0 Å². The monoisotopic (exact) mass is 361 g/mol. The minimum atomic E-state index is -3.86. The van der Waals surface area contributed by atoms with Gasteiger partial charge in [-0.25, -0.2) is 10.3 Å². The van der Waals surface area contributed by atoms with Crippen LogP contribution in [0.2, 0.25) is 0 Å². The number of hydrogen-bond acceptors (Lipinski definition) is 7. The Balaban J connectivity index is 2.15. The maximum absolute atomic E-state index is 12.4. The van der Waals surface area contributed by atoms with E-state index in [0.717, 1.165) is 6.08 Å². The van der Waals surface area contributed by atoms with Crippen LogP contribution in [0, 0.1) is 0 Å². The largest absolute Gasteiger partial charge is 0.291 e. The highest BCUT2D eigenvalue weighted by Crippen LogP contribution is 2.21. The number of benzene rings is 2. The predicted octanol–water partition coefficient (Wildman–Crippen LogP) is 1.55. The van der Waals surface area contributed by atoms with Crippen LogP contribution in [-0.2, 0) is 19.8 Å². The van der Waals surface area contributed by atoms with E-state index in [1.165, 1.54) is 30.3 Å². The molecule has 0 unspecified atom stereocenters. The first-order chi connectivity index (χ1) is 11.9. The van der Waals surface area contributed by atoms with Gasteiger partial charge < -0.3 is 0 Å². The van der Waals surface area contributed by atoms with Gasteiger partial charge in [-0.15, -0.1) is 5.90 Å². The van der Waals surface area contributed by atoms with Crippen LogP contribution in [0.4, 0.5) is 5.69 Å². The summed E-state index contributed by atoms with van der Waals surface area (Å²) in [6, 6.07) is 14.0. The van der Waals surface area contributed by atoms with Crippen molar-refractivity contribution in [1.29, 1.82) is 0 Å². The van der Waals surface area contributed by atoms with Crippen molar-refractivity contribution in [3.63, 3.8) is 0 Å². The van der Waals surface area contributed by atoms with E-state index in [1.807, 2.05) is 0 Å².